The average molecular weight is 392 g/mol. The molecule has 3 rings (SSSR count). The first-order valence-corrected chi connectivity index (χ1v) is 9.33. The lowest BCUT2D eigenvalue weighted by molar-refractivity contribution is 0.0698. The Morgan fingerprint density at radius 1 is 1.27 bits per heavy atom. The summed E-state index contributed by atoms with van der Waals surface area (Å²) in [7, 11) is 1.62. The maximum atomic E-state index is 12.6. The second-order valence-corrected chi connectivity index (χ2v) is 6.92. The molecule has 3 aromatic rings. The minimum Gasteiger partial charge on any atom is -0.383 e. The van der Waals surface area contributed by atoms with Crippen molar-refractivity contribution < 1.29 is 14.1 Å². The molecular formula is C18H18ClN3O3S. The minimum absolute atomic E-state index is 0.0190. The lowest BCUT2D eigenvalue weighted by atomic mass is 10.2. The maximum absolute atomic E-state index is 12.6. The van der Waals surface area contributed by atoms with E-state index in [9.17, 15) is 4.79 Å². The molecule has 0 unspecified atom stereocenters. The first-order chi connectivity index (χ1) is 12.7. The van der Waals surface area contributed by atoms with Crippen molar-refractivity contribution in [2.24, 2.45) is 0 Å². The molecule has 1 amide bonds. The Labute approximate surface area is 160 Å². The minimum atomic E-state index is -0.0190. The quantitative estimate of drug-likeness (QED) is 0.584. The van der Waals surface area contributed by atoms with Gasteiger partial charge in [-0.05, 0) is 35.7 Å². The van der Waals surface area contributed by atoms with E-state index in [4.69, 9.17) is 20.9 Å². The Bertz CT molecular complexity index is 834. The zero-order chi connectivity index (χ0) is 18.4. The third-order valence-electron chi connectivity index (χ3n) is 3.75. The fourth-order valence-corrected chi connectivity index (χ4v) is 3.19. The molecular weight excluding hydrogens is 374 g/mol. The molecule has 6 nitrogen and oxygen atoms in total. The van der Waals surface area contributed by atoms with Gasteiger partial charge in [0, 0.05) is 37.2 Å². The van der Waals surface area contributed by atoms with E-state index in [2.05, 4.69) is 10.1 Å². The second-order valence-electron chi connectivity index (χ2n) is 5.53. The van der Waals surface area contributed by atoms with Gasteiger partial charge in [0.1, 0.15) is 0 Å². The van der Waals surface area contributed by atoms with Gasteiger partial charge in [0.25, 0.3) is 5.91 Å². The van der Waals surface area contributed by atoms with Crippen LogP contribution in [0.25, 0.3) is 11.4 Å². The monoisotopic (exact) mass is 391 g/mol. The Morgan fingerprint density at radius 3 is 2.77 bits per heavy atom. The highest BCUT2D eigenvalue weighted by molar-refractivity contribution is 7.12. The Kier molecular flexibility index (Phi) is 6.38. The summed E-state index contributed by atoms with van der Waals surface area (Å²) in [6, 6.07) is 10.9. The standard InChI is InChI=1S/C18H18ClN3O3S/c1-24-11-10-22(18(23)15-3-2-12-26-15)9-8-16-20-17(21-25-16)13-4-6-14(19)7-5-13/h2-7,12H,8-11H2,1H3. The van der Waals surface area contributed by atoms with Gasteiger partial charge in [-0.2, -0.15) is 4.98 Å². The summed E-state index contributed by atoms with van der Waals surface area (Å²) in [4.78, 5) is 19.4. The number of rotatable bonds is 8. The van der Waals surface area contributed by atoms with Gasteiger partial charge in [-0.3, -0.25) is 4.79 Å². The van der Waals surface area contributed by atoms with Crippen LogP contribution in [-0.4, -0.2) is 47.8 Å². The van der Waals surface area contributed by atoms with Crippen LogP contribution in [0.2, 0.25) is 5.02 Å². The van der Waals surface area contributed by atoms with E-state index in [1.54, 1.807) is 24.1 Å². The lowest BCUT2D eigenvalue weighted by Crippen LogP contribution is -2.35. The molecule has 0 spiro atoms. The molecule has 0 saturated heterocycles. The van der Waals surface area contributed by atoms with Crippen LogP contribution < -0.4 is 0 Å². The normalized spacial score (nSPS) is 10.8. The van der Waals surface area contributed by atoms with E-state index in [1.165, 1.54) is 11.3 Å². The van der Waals surface area contributed by atoms with Crippen molar-refractivity contribution in [3.63, 3.8) is 0 Å². The van der Waals surface area contributed by atoms with Gasteiger partial charge in [0.15, 0.2) is 0 Å². The number of benzene rings is 1. The summed E-state index contributed by atoms with van der Waals surface area (Å²) in [6.45, 7) is 1.45. The van der Waals surface area contributed by atoms with E-state index < -0.39 is 0 Å². The number of methoxy groups -OCH3 is 1. The van der Waals surface area contributed by atoms with Crippen LogP contribution in [0, 0.1) is 0 Å². The summed E-state index contributed by atoms with van der Waals surface area (Å²) in [6.07, 6.45) is 0.474. The Balaban J connectivity index is 1.65. The summed E-state index contributed by atoms with van der Waals surface area (Å²) in [5, 5.41) is 6.53. The molecule has 0 fully saturated rings. The molecule has 136 valence electrons. The predicted octanol–water partition coefficient (Wildman–Crippen LogP) is 3.78. The van der Waals surface area contributed by atoms with E-state index >= 15 is 0 Å². The number of thiophene rings is 1. The zero-order valence-electron chi connectivity index (χ0n) is 14.2. The van der Waals surface area contributed by atoms with E-state index in [0.717, 1.165) is 5.56 Å². The average Bonchev–Trinajstić information content (AvgIpc) is 3.34. The van der Waals surface area contributed by atoms with Crippen LogP contribution in [0.3, 0.4) is 0 Å². The fourth-order valence-electron chi connectivity index (χ4n) is 2.38. The Hall–Kier alpha value is -2.22. The van der Waals surface area contributed by atoms with Gasteiger partial charge >= 0.3 is 0 Å². The molecule has 0 bridgehead atoms. The van der Waals surface area contributed by atoms with E-state index in [0.29, 0.717) is 47.7 Å². The molecule has 26 heavy (non-hydrogen) atoms. The van der Waals surface area contributed by atoms with Gasteiger partial charge in [-0.1, -0.05) is 22.8 Å². The van der Waals surface area contributed by atoms with Crippen LogP contribution >= 0.6 is 22.9 Å². The van der Waals surface area contributed by atoms with Crippen molar-refractivity contribution in [1.82, 2.24) is 15.0 Å². The topological polar surface area (TPSA) is 68.5 Å². The fraction of sp³-hybridized carbons (Fsp3) is 0.278. The molecule has 0 atom stereocenters. The highest BCUT2D eigenvalue weighted by Crippen LogP contribution is 2.19. The van der Waals surface area contributed by atoms with Crippen LogP contribution in [0.1, 0.15) is 15.6 Å². The number of carbonyl (C=O) groups excluding carboxylic acids is 1. The maximum Gasteiger partial charge on any atom is 0.264 e. The van der Waals surface area contributed by atoms with Gasteiger partial charge in [0.2, 0.25) is 11.7 Å². The van der Waals surface area contributed by atoms with Crippen molar-refractivity contribution in [1.29, 1.82) is 0 Å². The van der Waals surface area contributed by atoms with Crippen LogP contribution in [0.15, 0.2) is 46.3 Å². The number of carbonyl (C=O) groups is 1. The lowest BCUT2D eigenvalue weighted by Gasteiger charge is -2.20. The van der Waals surface area contributed by atoms with Crippen molar-refractivity contribution in [2.75, 3.05) is 26.8 Å². The third-order valence-corrected chi connectivity index (χ3v) is 4.86. The first kappa shape index (κ1) is 18.6. The summed E-state index contributed by atoms with van der Waals surface area (Å²) < 4.78 is 10.4. The number of hydrogen-bond donors (Lipinski definition) is 0. The molecule has 0 radical (unpaired) electrons. The molecule has 0 aliphatic heterocycles. The highest BCUT2D eigenvalue weighted by atomic mass is 35.5. The first-order valence-electron chi connectivity index (χ1n) is 8.07. The van der Waals surface area contributed by atoms with Crippen molar-refractivity contribution in [2.45, 2.75) is 6.42 Å². The number of ether oxygens (including phenoxy) is 1. The van der Waals surface area contributed by atoms with Gasteiger partial charge in [-0.15, -0.1) is 11.3 Å². The molecule has 8 heteroatoms. The molecule has 0 aliphatic rings. The number of nitrogens with zero attached hydrogens (tertiary/aromatic N) is 3. The zero-order valence-corrected chi connectivity index (χ0v) is 15.8. The third kappa shape index (κ3) is 4.69. The molecule has 2 aromatic heterocycles. The number of aromatic nitrogens is 2. The highest BCUT2D eigenvalue weighted by Gasteiger charge is 2.18. The number of amides is 1. The number of hydrogen-bond acceptors (Lipinski definition) is 6. The molecule has 1 aromatic carbocycles. The SMILES string of the molecule is COCCN(CCc1nc(-c2ccc(Cl)cc2)no1)C(=O)c1cccs1. The van der Waals surface area contributed by atoms with Gasteiger partial charge in [0.05, 0.1) is 11.5 Å². The molecule has 2 heterocycles. The largest absolute Gasteiger partial charge is 0.383 e. The second kappa shape index (κ2) is 8.93. The summed E-state index contributed by atoms with van der Waals surface area (Å²) >= 11 is 7.31. The van der Waals surface area contributed by atoms with Crippen molar-refractivity contribution in [3.8, 4) is 11.4 Å². The van der Waals surface area contributed by atoms with Crippen molar-refractivity contribution in [3.05, 3.63) is 57.6 Å². The Morgan fingerprint density at radius 2 is 2.08 bits per heavy atom. The molecule has 0 aliphatic carbocycles. The number of halogens is 1. The summed E-state index contributed by atoms with van der Waals surface area (Å²) in [5.41, 5.74) is 0.829. The van der Waals surface area contributed by atoms with Gasteiger partial charge < -0.3 is 14.2 Å². The smallest absolute Gasteiger partial charge is 0.264 e. The van der Waals surface area contributed by atoms with E-state index in [1.807, 2.05) is 29.6 Å². The molecule has 0 saturated carbocycles. The molecule has 0 N–H and O–H groups in total. The van der Waals surface area contributed by atoms with Crippen LogP contribution in [0.5, 0.6) is 0 Å². The predicted molar refractivity (Wildman–Crippen MR) is 101 cm³/mol. The van der Waals surface area contributed by atoms with Gasteiger partial charge in [-0.25, -0.2) is 0 Å². The summed E-state index contributed by atoms with van der Waals surface area (Å²) in [5.74, 6) is 0.968. The van der Waals surface area contributed by atoms with Crippen LogP contribution in [-0.2, 0) is 11.2 Å². The van der Waals surface area contributed by atoms with Crippen LogP contribution in [0.4, 0.5) is 0 Å². The van der Waals surface area contributed by atoms with E-state index in [-0.39, 0.29) is 5.91 Å². The van der Waals surface area contributed by atoms with Crippen molar-refractivity contribution >= 4 is 28.8 Å².